The second-order valence-electron chi connectivity index (χ2n) is 4.32. The van der Waals surface area contributed by atoms with Crippen LogP contribution in [0, 0.1) is 0 Å². The fourth-order valence-electron chi connectivity index (χ4n) is 2.47. The van der Waals surface area contributed by atoms with E-state index in [1.54, 1.807) is 0 Å². The maximum absolute atomic E-state index is 3.88. The Bertz CT molecular complexity index is 337. The summed E-state index contributed by atoms with van der Waals surface area (Å²) in [6.45, 7) is 7.36. The van der Waals surface area contributed by atoms with Crippen molar-refractivity contribution in [3.8, 4) is 0 Å². The molecule has 15 heavy (non-hydrogen) atoms. The van der Waals surface area contributed by atoms with E-state index in [-0.39, 0.29) is 0 Å². The molecule has 1 aromatic rings. The van der Waals surface area contributed by atoms with E-state index in [0.717, 1.165) is 0 Å². The highest BCUT2D eigenvalue weighted by Crippen LogP contribution is 2.27. The van der Waals surface area contributed by atoms with Crippen LogP contribution in [0.1, 0.15) is 36.8 Å². The van der Waals surface area contributed by atoms with Gasteiger partial charge in [0.1, 0.15) is 0 Å². The van der Waals surface area contributed by atoms with Crippen molar-refractivity contribution in [1.29, 1.82) is 0 Å². The van der Waals surface area contributed by atoms with E-state index in [4.69, 9.17) is 0 Å². The van der Waals surface area contributed by atoms with E-state index in [0.29, 0.717) is 12.0 Å². The van der Waals surface area contributed by atoms with Gasteiger partial charge >= 0.3 is 0 Å². The smallest absolute Gasteiger partial charge is 0.0134 e. The minimum absolute atomic E-state index is 0.585. The summed E-state index contributed by atoms with van der Waals surface area (Å²) in [6, 6.07) is 9.21. The van der Waals surface area contributed by atoms with Gasteiger partial charge in [0.15, 0.2) is 0 Å². The summed E-state index contributed by atoms with van der Waals surface area (Å²) in [5.74, 6) is 0.585. The molecule has 1 saturated heterocycles. The molecule has 0 saturated carbocycles. The standard InChI is InChI=1S/C14H19N/c1-3-12-7-4-5-8-13(12)11(2)14-9-6-10-15-14/h3-5,7-8,11,14-15H,1,6,9-10H2,2H3. The molecule has 1 heteroatoms. The van der Waals surface area contributed by atoms with Crippen molar-refractivity contribution in [2.75, 3.05) is 6.54 Å². The van der Waals surface area contributed by atoms with Crippen LogP contribution in [0.2, 0.25) is 0 Å². The molecule has 1 aliphatic heterocycles. The first kappa shape index (κ1) is 10.4. The van der Waals surface area contributed by atoms with E-state index in [1.165, 1.54) is 30.5 Å². The lowest BCUT2D eigenvalue weighted by Gasteiger charge is -2.21. The fraction of sp³-hybridized carbons (Fsp3) is 0.429. The van der Waals surface area contributed by atoms with E-state index in [2.05, 4.69) is 43.1 Å². The van der Waals surface area contributed by atoms with E-state index < -0.39 is 0 Å². The molecule has 1 heterocycles. The lowest BCUT2D eigenvalue weighted by Crippen LogP contribution is -2.27. The SMILES string of the molecule is C=Cc1ccccc1C(C)C1CCCN1. The van der Waals surface area contributed by atoms with Crippen molar-refractivity contribution < 1.29 is 0 Å². The van der Waals surface area contributed by atoms with Gasteiger partial charge in [-0.15, -0.1) is 0 Å². The maximum atomic E-state index is 3.88. The van der Waals surface area contributed by atoms with Gasteiger partial charge in [0.25, 0.3) is 0 Å². The molecule has 0 spiro atoms. The van der Waals surface area contributed by atoms with Crippen molar-refractivity contribution in [1.82, 2.24) is 5.32 Å². The second-order valence-corrected chi connectivity index (χ2v) is 4.32. The third kappa shape index (κ3) is 2.13. The Kier molecular flexibility index (Phi) is 3.22. The van der Waals surface area contributed by atoms with E-state index >= 15 is 0 Å². The molecular formula is C14H19N. The minimum Gasteiger partial charge on any atom is -0.313 e. The van der Waals surface area contributed by atoms with E-state index in [1.807, 2.05) is 6.08 Å². The van der Waals surface area contributed by atoms with Gasteiger partial charge in [-0.3, -0.25) is 0 Å². The molecule has 0 aromatic heterocycles. The Morgan fingerprint density at radius 1 is 1.47 bits per heavy atom. The van der Waals surface area contributed by atoms with Crippen molar-refractivity contribution in [2.24, 2.45) is 0 Å². The van der Waals surface area contributed by atoms with Gasteiger partial charge in [-0.1, -0.05) is 43.8 Å². The van der Waals surface area contributed by atoms with Gasteiger partial charge in [0, 0.05) is 6.04 Å². The Labute approximate surface area is 92.2 Å². The Morgan fingerprint density at radius 2 is 2.27 bits per heavy atom. The molecule has 2 rings (SSSR count). The van der Waals surface area contributed by atoms with Crippen LogP contribution in [0.25, 0.3) is 6.08 Å². The van der Waals surface area contributed by atoms with Gasteiger partial charge in [-0.25, -0.2) is 0 Å². The highest BCUT2D eigenvalue weighted by atomic mass is 14.9. The normalized spacial score (nSPS) is 22.6. The van der Waals surface area contributed by atoms with Crippen LogP contribution >= 0.6 is 0 Å². The van der Waals surface area contributed by atoms with Crippen LogP contribution in [0.5, 0.6) is 0 Å². The predicted octanol–water partition coefficient (Wildman–Crippen LogP) is 3.19. The van der Waals surface area contributed by atoms with Gasteiger partial charge in [0.05, 0.1) is 0 Å². The highest BCUT2D eigenvalue weighted by Gasteiger charge is 2.22. The fourth-order valence-corrected chi connectivity index (χ4v) is 2.47. The number of nitrogens with one attached hydrogen (secondary N) is 1. The average molecular weight is 201 g/mol. The van der Waals surface area contributed by atoms with Crippen LogP contribution in [0.4, 0.5) is 0 Å². The lowest BCUT2D eigenvalue weighted by atomic mass is 9.89. The molecule has 2 unspecified atom stereocenters. The summed E-state index contributed by atoms with van der Waals surface area (Å²) in [5.41, 5.74) is 2.70. The molecule has 0 amide bonds. The molecule has 1 aromatic carbocycles. The predicted molar refractivity (Wildman–Crippen MR) is 66.0 cm³/mol. The van der Waals surface area contributed by atoms with Crippen LogP contribution in [-0.2, 0) is 0 Å². The lowest BCUT2D eigenvalue weighted by molar-refractivity contribution is 0.517. The zero-order valence-corrected chi connectivity index (χ0v) is 9.37. The van der Waals surface area contributed by atoms with Gasteiger partial charge in [-0.2, -0.15) is 0 Å². The summed E-state index contributed by atoms with van der Waals surface area (Å²) < 4.78 is 0. The molecular weight excluding hydrogens is 182 g/mol. The highest BCUT2D eigenvalue weighted by molar-refractivity contribution is 5.53. The summed E-state index contributed by atoms with van der Waals surface area (Å²) in [6.07, 6.45) is 4.57. The van der Waals surface area contributed by atoms with Gasteiger partial charge in [0.2, 0.25) is 0 Å². The van der Waals surface area contributed by atoms with Crippen molar-refractivity contribution >= 4 is 6.08 Å². The molecule has 2 atom stereocenters. The minimum atomic E-state index is 0.585. The third-order valence-electron chi connectivity index (χ3n) is 3.41. The summed E-state index contributed by atoms with van der Waals surface area (Å²) in [5, 5.41) is 3.57. The molecule has 0 bridgehead atoms. The molecule has 1 fully saturated rings. The van der Waals surface area contributed by atoms with Gasteiger partial charge in [-0.05, 0) is 36.4 Å². The Morgan fingerprint density at radius 3 is 2.93 bits per heavy atom. The monoisotopic (exact) mass is 201 g/mol. The second kappa shape index (κ2) is 4.63. The summed E-state index contributed by atoms with van der Waals surface area (Å²) in [7, 11) is 0. The van der Waals surface area contributed by atoms with Crippen molar-refractivity contribution in [3.05, 3.63) is 42.0 Å². The average Bonchev–Trinajstić information content (AvgIpc) is 2.81. The first-order valence-electron chi connectivity index (χ1n) is 5.77. The molecule has 0 radical (unpaired) electrons. The number of rotatable bonds is 3. The molecule has 1 aliphatic rings. The third-order valence-corrected chi connectivity index (χ3v) is 3.41. The molecule has 1 nitrogen and oxygen atoms in total. The molecule has 80 valence electrons. The first-order valence-corrected chi connectivity index (χ1v) is 5.77. The van der Waals surface area contributed by atoms with Crippen molar-refractivity contribution in [3.63, 3.8) is 0 Å². The number of benzene rings is 1. The quantitative estimate of drug-likeness (QED) is 0.792. The topological polar surface area (TPSA) is 12.0 Å². The van der Waals surface area contributed by atoms with Crippen LogP contribution in [0.15, 0.2) is 30.8 Å². The molecule has 1 N–H and O–H groups in total. The zero-order valence-electron chi connectivity index (χ0n) is 9.37. The Hall–Kier alpha value is -1.08. The van der Waals surface area contributed by atoms with Crippen molar-refractivity contribution in [2.45, 2.75) is 31.7 Å². The number of hydrogen-bond donors (Lipinski definition) is 1. The largest absolute Gasteiger partial charge is 0.313 e. The van der Waals surface area contributed by atoms with Crippen LogP contribution in [0.3, 0.4) is 0 Å². The Balaban J connectivity index is 2.23. The molecule has 0 aliphatic carbocycles. The van der Waals surface area contributed by atoms with Crippen LogP contribution < -0.4 is 5.32 Å². The van der Waals surface area contributed by atoms with Crippen LogP contribution in [-0.4, -0.2) is 12.6 Å². The van der Waals surface area contributed by atoms with E-state index in [9.17, 15) is 0 Å². The summed E-state index contributed by atoms with van der Waals surface area (Å²) >= 11 is 0. The maximum Gasteiger partial charge on any atom is 0.0134 e. The van der Waals surface area contributed by atoms with Gasteiger partial charge < -0.3 is 5.32 Å². The number of hydrogen-bond acceptors (Lipinski definition) is 1. The zero-order chi connectivity index (χ0) is 10.7. The first-order chi connectivity index (χ1) is 7.33. The summed E-state index contributed by atoms with van der Waals surface area (Å²) in [4.78, 5) is 0.